The van der Waals surface area contributed by atoms with Gasteiger partial charge in [-0.1, -0.05) is 32.0 Å². The molecule has 0 atom stereocenters. The number of carbonyl (C=O) groups is 1. The van der Waals surface area contributed by atoms with Crippen LogP contribution in [0.3, 0.4) is 0 Å². The zero-order chi connectivity index (χ0) is 15.7. The van der Waals surface area contributed by atoms with Crippen LogP contribution < -0.4 is 5.32 Å². The molecule has 0 unspecified atom stereocenters. The van der Waals surface area contributed by atoms with Crippen LogP contribution in [0.25, 0.3) is 0 Å². The van der Waals surface area contributed by atoms with E-state index in [2.05, 4.69) is 16.5 Å². The Morgan fingerprint density at radius 1 is 1.14 bits per heavy atom. The zero-order valence-corrected chi connectivity index (χ0v) is 13.4. The first kappa shape index (κ1) is 14.8. The molecule has 0 bridgehead atoms. The van der Waals surface area contributed by atoms with Gasteiger partial charge in [0.1, 0.15) is 5.76 Å². The van der Waals surface area contributed by atoms with E-state index in [1.165, 1.54) is 24.0 Å². The standard InChI is InChI=1S/C18H22N2O2/c1-18(2,3)15-11-16(20-22-15)19-17(21)14-9-8-12-6-4-5-7-13(12)10-14/h8-11H,4-7H2,1-3H3,(H,19,20,21). The van der Waals surface area contributed by atoms with Gasteiger partial charge in [0.25, 0.3) is 5.91 Å². The van der Waals surface area contributed by atoms with Gasteiger partial charge in [0.05, 0.1) is 0 Å². The molecule has 22 heavy (non-hydrogen) atoms. The second kappa shape index (κ2) is 5.59. The van der Waals surface area contributed by atoms with E-state index in [0.717, 1.165) is 18.6 Å². The predicted molar refractivity (Wildman–Crippen MR) is 86.2 cm³/mol. The highest BCUT2D eigenvalue weighted by Crippen LogP contribution is 2.25. The van der Waals surface area contributed by atoms with E-state index < -0.39 is 0 Å². The summed E-state index contributed by atoms with van der Waals surface area (Å²) in [5.41, 5.74) is 3.23. The molecular formula is C18H22N2O2. The molecule has 1 heterocycles. The van der Waals surface area contributed by atoms with Crippen molar-refractivity contribution in [3.05, 3.63) is 46.7 Å². The molecule has 1 aromatic carbocycles. The summed E-state index contributed by atoms with van der Waals surface area (Å²) in [6, 6.07) is 7.77. The number of rotatable bonds is 2. The van der Waals surface area contributed by atoms with E-state index in [0.29, 0.717) is 11.4 Å². The Balaban J connectivity index is 1.76. The van der Waals surface area contributed by atoms with Crippen LogP contribution in [0.1, 0.15) is 60.9 Å². The molecule has 0 saturated heterocycles. The van der Waals surface area contributed by atoms with Gasteiger partial charge < -0.3 is 9.84 Å². The fourth-order valence-corrected chi connectivity index (χ4v) is 2.75. The Morgan fingerprint density at radius 2 is 1.86 bits per heavy atom. The van der Waals surface area contributed by atoms with E-state index in [1.807, 2.05) is 32.9 Å². The summed E-state index contributed by atoms with van der Waals surface area (Å²) >= 11 is 0. The minimum atomic E-state index is -0.137. The molecule has 1 N–H and O–H groups in total. The van der Waals surface area contributed by atoms with E-state index in [4.69, 9.17) is 4.52 Å². The number of benzene rings is 1. The van der Waals surface area contributed by atoms with Gasteiger partial charge in [-0.05, 0) is 48.9 Å². The van der Waals surface area contributed by atoms with Gasteiger partial charge in [-0.2, -0.15) is 0 Å². The van der Waals surface area contributed by atoms with Crippen molar-refractivity contribution in [2.24, 2.45) is 0 Å². The fourth-order valence-electron chi connectivity index (χ4n) is 2.75. The largest absolute Gasteiger partial charge is 0.359 e. The second-order valence-corrected chi connectivity index (χ2v) is 6.97. The molecule has 0 spiro atoms. The monoisotopic (exact) mass is 298 g/mol. The molecule has 0 aliphatic heterocycles. The SMILES string of the molecule is CC(C)(C)c1cc(NC(=O)c2ccc3c(c2)CCCC3)no1. The van der Waals surface area contributed by atoms with Crippen LogP contribution in [0.5, 0.6) is 0 Å². The highest BCUT2D eigenvalue weighted by Gasteiger charge is 2.21. The number of hydrogen-bond donors (Lipinski definition) is 1. The minimum Gasteiger partial charge on any atom is -0.359 e. The van der Waals surface area contributed by atoms with Crippen molar-refractivity contribution < 1.29 is 9.32 Å². The normalized spacial score (nSPS) is 14.5. The molecule has 4 heteroatoms. The number of carbonyl (C=O) groups excluding carboxylic acids is 1. The topological polar surface area (TPSA) is 55.1 Å². The molecule has 3 rings (SSSR count). The molecule has 2 aromatic rings. The van der Waals surface area contributed by atoms with Crippen molar-refractivity contribution in [1.29, 1.82) is 0 Å². The first-order chi connectivity index (χ1) is 10.4. The van der Waals surface area contributed by atoms with Crippen molar-refractivity contribution in [1.82, 2.24) is 5.16 Å². The molecule has 1 aromatic heterocycles. The summed E-state index contributed by atoms with van der Waals surface area (Å²) in [6.07, 6.45) is 4.63. The number of hydrogen-bond acceptors (Lipinski definition) is 3. The maximum atomic E-state index is 12.4. The third kappa shape index (κ3) is 3.06. The second-order valence-electron chi connectivity index (χ2n) is 6.97. The van der Waals surface area contributed by atoms with Crippen molar-refractivity contribution in [3.63, 3.8) is 0 Å². The van der Waals surface area contributed by atoms with Crippen LogP contribution in [0.15, 0.2) is 28.8 Å². The van der Waals surface area contributed by atoms with E-state index in [9.17, 15) is 4.79 Å². The lowest BCUT2D eigenvalue weighted by Gasteiger charge is -2.16. The molecule has 1 aliphatic carbocycles. The van der Waals surface area contributed by atoms with E-state index >= 15 is 0 Å². The molecule has 1 aliphatic rings. The van der Waals surface area contributed by atoms with Crippen LogP contribution in [-0.4, -0.2) is 11.1 Å². The molecule has 1 amide bonds. The van der Waals surface area contributed by atoms with E-state index in [-0.39, 0.29) is 11.3 Å². The van der Waals surface area contributed by atoms with Crippen molar-refractivity contribution in [2.45, 2.75) is 51.9 Å². The third-order valence-corrected chi connectivity index (χ3v) is 4.10. The lowest BCUT2D eigenvalue weighted by molar-refractivity contribution is 0.102. The summed E-state index contributed by atoms with van der Waals surface area (Å²) in [5, 5.41) is 6.74. The van der Waals surface area contributed by atoms with Crippen molar-refractivity contribution in [2.75, 3.05) is 5.32 Å². The van der Waals surface area contributed by atoms with Gasteiger partial charge in [-0.25, -0.2) is 0 Å². The van der Waals surface area contributed by atoms with Crippen LogP contribution in [0.4, 0.5) is 5.82 Å². The third-order valence-electron chi connectivity index (χ3n) is 4.10. The summed E-state index contributed by atoms with van der Waals surface area (Å²) in [6.45, 7) is 6.13. The summed E-state index contributed by atoms with van der Waals surface area (Å²) < 4.78 is 5.29. The van der Waals surface area contributed by atoms with Gasteiger partial charge >= 0.3 is 0 Å². The van der Waals surface area contributed by atoms with Gasteiger partial charge in [0, 0.05) is 17.0 Å². The molecule has 0 fully saturated rings. The lowest BCUT2D eigenvalue weighted by atomic mass is 9.90. The quantitative estimate of drug-likeness (QED) is 0.908. The van der Waals surface area contributed by atoms with Gasteiger partial charge in [0.15, 0.2) is 5.82 Å². The number of aryl methyl sites for hydroxylation is 2. The number of aromatic nitrogens is 1. The highest BCUT2D eigenvalue weighted by molar-refractivity contribution is 6.03. The average Bonchev–Trinajstić information content (AvgIpc) is 2.95. The van der Waals surface area contributed by atoms with Crippen LogP contribution >= 0.6 is 0 Å². The Morgan fingerprint density at radius 3 is 2.55 bits per heavy atom. The lowest BCUT2D eigenvalue weighted by Crippen LogP contribution is -2.14. The Bertz CT molecular complexity index is 695. The number of nitrogens with zero attached hydrogens (tertiary/aromatic N) is 1. The molecule has 0 saturated carbocycles. The molecule has 4 nitrogen and oxygen atoms in total. The van der Waals surface area contributed by atoms with Gasteiger partial charge in [-0.15, -0.1) is 0 Å². The maximum absolute atomic E-state index is 12.4. The number of nitrogens with one attached hydrogen (secondary N) is 1. The molecule has 116 valence electrons. The Kier molecular flexibility index (Phi) is 3.77. The first-order valence-corrected chi connectivity index (χ1v) is 7.84. The minimum absolute atomic E-state index is 0.123. The van der Waals surface area contributed by atoms with Crippen LogP contribution in [-0.2, 0) is 18.3 Å². The summed E-state index contributed by atoms with van der Waals surface area (Å²) in [7, 11) is 0. The number of fused-ring (bicyclic) bond motifs is 1. The Hall–Kier alpha value is -2.10. The average molecular weight is 298 g/mol. The number of amides is 1. The highest BCUT2D eigenvalue weighted by atomic mass is 16.5. The van der Waals surface area contributed by atoms with Crippen molar-refractivity contribution >= 4 is 11.7 Å². The molecular weight excluding hydrogens is 276 g/mol. The van der Waals surface area contributed by atoms with Crippen LogP contribution in [0, 0.1) is 0 Å². The van der Waals surface area contributed by atoms with Crippen molar-refractivity contribution in [3.8, 4) is 0 Å². The predicted octanol–water partition coefficient (Wildman–Crippen LogP) is 4.10. The molecule has 0 radical (unpaired) electrons. The Labute approximate surface area is 130 Å². The number of anilines is 1. The van der Waals surface area contributed by atoms with Gasteiger partial charge in [-0.3, -0.25) is 4.79 Å². The zero-order valence-electron chi connectivity index (χ0n) is 13.4. The van der Waals surface area contributed by atoms with Gasteiger partial charge in [0.2, 0.25) is 0 Å². The summed E-state index contributed by atoms with van der Waals surface area (Å²) in [4.78, 5) is 12.4. The van der Waals surface area contributed by atoms with E-state index in [1.54, 1.807) is 6.07 Å². The smallest absolute Gasteiger partial charge is 0.256 e. The maximum Gasteiger partial charge on any atom is 0.256 e. The summed E-state index contributed by atoms with van der Waals surface area (Å²) in [5.74, 6) is 1.09. The fraction of sp³-hybridized carbons (Fsp3) is 0.444. The first-order valence-electron chi connectivity index (χ1n) is 7.84. The van der Waals surface area contributed by atoms with Crippen LogP contribution in [0.2, 0.25) is 0 Å².